The number of H-pyrrole nitrogens is 1. The minimum absolute atomic E-state index is 0.106. The molecule has 9 heteroatoms. The highest BCUT2D eigenvalue weighted by Crippen LogP contribution is 2.28. The van der Waals surface area contributed by atoms with E-state index in [-0.39, 0.29) is 11.5 Å². The van der Waals surface area contributed by atoms with Gasteiger partial charge in [0.25, 0.3) is 10.8 Å². The Hall–Kier alpha value is -2.00. The first kappa shape index (κ1) is 15.9. The number of methoxy groups -OCH3 is 1. The zero-order chi connectivity index (χ0) is 16.4. The summed E-state index contributed by atoms with van der Waals surface area (Å²) in [6.45, 7) is 2.57. The van der Waals surface area contributed by atoms with Crippen LogP contribution < -0.4 is 15.2 Å². The molecule has 2 aromatic rings. The number of aromatic amines is 1. The molecule has 1 unspecified atom stereocenters. The van der Waals surface area contributed by atoms with E-state index in [2.05, 4.69) is 25.1 Å². The van der Waals surface area contributed by atoms with Crippen molar-refractivity contribution in [3.63, 3.8) is 0 Å². The highest BCUT2D eigenvalue weighted by molar-refractivity contribution is 7.13. The van der Waals surface area contributed by atoms with Gasteiger partial charge in [0, 0.05) is 32.6 Å². The molecule has 1 saturated heterocycles. The molecule has 3 rings (SSSR count). The number of likely N-dealkylation sites (tertiary alicyclic amines) is 1. The number of ether oxygens (including phenoxy) is 1. The fourth-order valence-electron chi connectivity index (χ4n) is 2.68. The molecule has 1 N–H and O–H groups in total. The van der Waals surface area contributed by atoms with Gasteiger partial charge in [-0.2, -0.15) is 0 Å². The van der Waals surface area contributed by atoms with E-state index in [0.717, 1.165) is 36.8 Å². The largest absolute Gasteiger partial charge is 0.472 e. The van der Waals surface area contributed by atoms with Gasteiger partial charge in [-0.05, 0) is 13.0 Å². The van der Waals surface area contributed by atoms with Crippen molar-refractivity contribution in [3.8, 4) is 5.19 Å². The fourth-order valence-corrected chi connectivity index (χ4v) is 3.37. The minimum Gasteiger partial charge on any atom is -0.472 e. The van der Waals surface area contributed by atoms with Crippen LogP contribution in [0.25, 0.3) is 0 Å². The van der Waals surface area contributed by atoms with Gasteiger partial charge in [0.05, 0.1) is 19.3 Å². The third-order valence-electron chi connectivity index (χ3n) is 3.85. The molecule has 124 valence electrons. The van der Waals surface area contributed by atoms with Crippen LogP contribution in [0.15, 0.2) is 10.9 Å². The zero-order valence-electron chi connectivity index (χ0n) is 13.4. The third kappa shape index (κ3) is 3.67. The Bertz CT molecular complexity index is 728. The van der Waals surface area contributed by atoms with E-state index in [1.54, 1.807) is 13.2 Å². The van der Waals surface area contributed by atoms with Crippen molar-refractivity contribution >= 4 is 17.3 Å². The van der Waals surface area contributed by atoms with E-state index in [1.165, 1.54) is 11.3 Å². The quantitative estimate of drug-likeness (QED) is 0.859. The number of nitrogens with one attached hydrogen (secondary N) is 1. The van der Waals surface area contributed by atoms with Crippen molar-refractivity contribution in [2.24, 2.45) is 0 Å². The van der Waals surface area contributed by atoms with E-state index in [1.807, 2.05) is 19.0 Å². The summed E-state index contributed by atoms with van der Waals surface area (Å²) < 4.78 is 5.07. The summed E-state index contributed by atoms with van der Waals surface area (Å²) in [5.74, 6) is 0.866. The summed E-state index contributed by atoms with van der Waals surface area (Å²) in [6, 6.07) is 1.61. The Labute approximate surface area is 138 Å². The second-order valence-electron chi connectivity index (χ2n) is 5.77. The fraction of sp³-hybridized carbons (Fsp3) is 0.571. The second-order valence-corrected chi connectivity index (χ2v) is 6.80. The van der Waals surface area contributed by atoms with Gasteiger partial charge >= 0.3 is 0 Å². The molecular weight excluding hydrogens is 316 g/mol. The van der Waals surface area contributed by atoms with Crippen molar-refractivity contribution < 1.29 is 4.74 Å². The molecule has 1 aliphatic heterocycles. The zero-order valence-corrected chi connectivity index (χ0v) is 14.3. The Morgan fingerprint density at radius 3 is 3.00 bits per heavy atom. The Morgan fingerprint density at radius 1 is 1.48 bits per heavy atom. The van der Waals surface area contributed by atoms with Crippen LogP contribution in [0.2, 0.25) is 0 Å². The first-order valence-corrected chi connectivity index (χ1v) is 8.24. The van der Waals surface area contributed by atoms with Crippen LogP contribution >= 0.6 is 11.3 Å². The first-order chi connectivity index (χ1) is 11.0. The van der Waals surface area contributed by atoms with Gasteiger partial charge in [-0.15, -0.1) is 10.2 Å². The second kappa shape index (κ2) is 6.63. The summed E-state index contributed by atoms with van der Waals surface area (Å²) >= 11 is 1.46. The van der Waals surface area contributed by atoms with Gasteiger partial charge in [0.15, 0.2) is 0 Å². The molecule has 1 aliphatic rings. The number of hydrogen-bond acceptors (Lipinski definition) is 8. The minimum atomic E-state index is -0.106. The maximum atomic E-state index is 11.8. The molecule has 0 spiro atoms. The lowest BCUT2D eigenvalue weighted by molar-refractivity contribution is 0.324. The van der Waals surface area contributed by atoms with Gasteiger partial charge in [-0.3, -0.25) is 14.7 Å². The Kier molecular flexibility index (Phi) is 4.58. The van der Waals surface area contributed by atoms with Crippen LogP contribution in [-0.2, 0) is 6.54 Å². The van der Waals surface area contributed by atoms with Crippen molar-refractivity contribution in [1.29, 1.82) is 0 Å². The summed E-state index contributed by atoms with van der Waals surface area (Å²) in [4.78, 5) is 23.3. The van der Waals surface area contributed by atoms with Crippen molar-refractivity contribution in [2.45, 2.75) is 18.9 Å². The first-order valence-electron chi connectivity index (χ1n) is 7.42. The Balaban J connectivity index is 1.68. The lowest BCUT2D eigenvalue weighted by Gasteiger charge is -2.16. The summed E-state index contributed by atoms with van der Waals surface area (Å²) in [7, 11) is 5.33. The third-order valence-corrected chi connectivity index (χ3v) is 4.71. The molecule has 0 radical (unpaired) electrons. The molecule has 0 saturated carbocycles. The summed E-state index contributed by atoms with van der Waals surface area (Å²) in [5, 5.41) is 9.60. The summed E-state index contributed by atoms with van der Waals surface area (Å²) in [6.07, 6.45) is 0.985. The van der Waals surface area contributed by atoms with Gasteiger partial charge in [-0.25, -0.2) is 4.98 Å². The lowest BCUT2D eigenvalue weighted by Crippen LogP contribution is -2.22. The average molecular weight is 336 g/mol. The van der Waals surface area contributed by atoms with E-state index < -0.39 is 0 Å². The number of rotatable bonds is 5. The van der Waals surface area contributed by atoms with Crippen molar-refractivity contribution in [2.75, 3.05) is 39.2 Å². The topological polar surface area (TPSA) is 87.2 Å². The molecule has 8 nitrogen and oxygen atoms in total. The van der Waals surface area contributed by atoms with Crippen molar-refractivity contribution in [3.05, 3.63) is 27.1 Å². The predicted octanol–water partition coefficient (Wildman–Crippen LogP) is 0.685. The monoisotopic (exact) mass is 336 g/mol. The van der Waals surface area contributed by atoms with Crippen molar-refractivity contribution in [1.82, 2.24) is 25.1 Å². The SMILES string of the molecule is COc1nnc(CN2CCC(c3cc(=O)[nH]c(N(C)C)n3)C2)s1. The van der Waals surface area contributed by atoms with Gasteiger partial charge in [0.2, 0.25) is 5.95 Å². The maximum Gasteiger partial charge on any atom is 0.293 e. The summed E-state index contributed by atoms with van der Waals surface area (Å²) in [5.41, 5.74) is 0.751. The van der Waals surface area contributed by atoms with E-state index in [0.29, 0.717) is 11.1 Å². The van der Waals surface area contributed by atoms with Crippen LogP contribution in [0, 0.1) is 0 Å². The normalized spacial score (nSPS) is 18.3. The molecule has 0 aromatic carbocycles. The number of hydrogen-bond donors (Lipinski definition) is 1. The average Bonchev–Trinajstić information content (AvgIpc) is 3.16. The predicted molar refractivity (Wildman–Crippen MR) is 88.3 cm³/mol. The molecule has 3 heterocycles. The van der Waals surface area contributed by atoms with Crippen LogP contribution in [-0.4, -0.2) is 59.4 Å². The smallest absolute Gasteiger partial charge is 0.293 e. The number of anilines is 1. The Morgan fingerprint density at radius 2 is 2.30 bits per heavy atom. The molecule has 2 aromatic heterocycles. The molecule has 1 atom stereocenters. The van der Waals surface area contributed by atoms with E-state index >= 15 is 0 Å². The maximum absolute atomic E-state index is 11.8. The number of nitrogens with zero attached hydrogens (tertiary/aromatic N) is 5. The molecular formula is C14H20N6O2S. The standard InChI is InChI=1S/C14H20N6O2S/c1-19(2)13-15-10(6-11(21)16-13)9-4-5-20(7-9)8-12-17-18-14(22-3)23-12/h6,9H,4-5,7-8H2,1-3H3,(H,15,16,21). The molecule has 1 fully saturated rings. The molecule has 0 bridgehead atoms. The van der Waals surface area contributed by atoms with E-state index in [4.69, 9.17) is 4.74 Å². The molecule has 0 aliphatic carbocycles. The van der Waals surface area contributed by atoms with Gasteiger partial charge in [-0.1, -0.05) is 11.3 Å². The van der Waals surface area contributed by atoms with Crippen LogP contribution in [0.1, 0.15) is 23.0 Å². The highest BCUT2D eigenvalue weighted by Gasteiger charge is 2.26. The highest BCUT2D eigenvalue weighted by atomic mass is 32.1. The molecule has 0 amide bonds. The number of aromatic nitrogens is 4. The lowest BCUT2D eigenvalue weighted by atomic mass is 10.1. The van der Waals surface area contributed by atoms with Crippen LogP contribution in [0.5, 0.6) is 5.19 Å². The van der Waals surface area contributed by atoms with E-state index in [9.17, 15) is 4.79 Å². The van der Waals surface area contributed by atoms with Crippen LogP contribution in [0.3, 0.4) is 0 Å². The molecule has 23 heavy (non-hydrogen) atoms. The van der Waals surface area contributed by atoms with Crippen LogP contribution in [0.4, 0.5) is 5.95 Å². The van der Waals surface area contributed by atoms with Gasteiger partial charge in [0.1, 0.15) is 5.01 Å². The van der Waals surface area contributed by atoms with Gasteiger partial charge < -0.3 is 9.64 Å².